The molecule has 2 aromatic carbocycles. The fourth-order valence-electron chi connectivity index (χ4n) is 3.20. The van der Waals surface area contributed by atoms with Crippen molar-refractivity contribution in [1.82, 2.24) is 10.3 Å². The molecule has 0 unspecified atom stereocenters. The molecule has 31 heavy (non-hydrogen) atoms. The van der Waals surface area contributed by atoms with Crippen LogP contribution < -0.4 is 10.1 Å². The molecular weight excluding hydrogens is 423 g/mol. The van der Waals surface area contributed by atoms with Crippen LogP contribution >= 0.6 is 11.6 Å². The summed E-state index contributed by atoms with van der Waals surface area (Å²) >= 11 is 6.20. The molecule has 1 aromatic heterocycles. The van der Waals surface area contributed by atoms with E-state index in [0.29, 0.717) is 33.2 Å². The smallest absolute Gasteiger partial charge is 0.305 e. The highest BCUT2D eigenvalue weighted by molar-refractivity contribution is 6.31. The summed E-state index contributed by atoms with van der Waals surface area (Å²) in [5.74, 6) is -1.72. The van der Waals surface area contributed by atoms with Gasteiger partial charge in [0.25, 0.3) is 5.91 Å². The minimum Gasteiger partial charge on any atom is -0.494 e. The molecule has 0 spiro atoms. The first-order chi connectivity index (χ1) is 14.8. The van der Waals surface area contributed by atoms with Crippen LogP contribution in [0.25, 0.3) is 11.3 Å². The monoisotopic (exact) mass is 442 g/mol. The normalized spacial score (nSPS) is 11.6. The molecule has 0 bridgehead atoms. The van der Waals surface area contributed by atoms with E-state index in [-0.39, 0.29) is 12.1 Å². The van der Waals surface area contributed by atoms with Gasteiger partial charge in [-0.15, -0.1) is 0 Å². The minimum absolute atomic E-state index is 0.0295. The van der Waals surface area contributed by atoms with E-state index in [1.807, 2.05) is 0 Å². The minimum atomic E-state index is -1.09. The van der Waals surface area contributed by atoms with Gasteiger partial charge in [0.2, 0.25) is 0 Å². The molecule has 1 amide bonds. The van der Waals surface area contributed by atoms with Gasteiger partial charge >= 0.3 is 5.97 Å². The van der Waals surface area contributed by atoms with Gasteiger partial charge in [0.05, 0.1) is 19.6 Å². The van der Waals surface area contributed by atoms with Crippen molar-refractivity contribution in [3.05, 3.63) is 82.3 Å². The molecule has 1 heterocycles. The first-order valence-corrected chi connectivity index (χ1v) is 9.77. The zero-order chi connectivity index (χ0) is 22.5. The van der Waals surface area contributed by atoms with E-state index in [4.69, 9.17) is 16.3 Å². The Morgan fingerprint density at radius 1 is 1.16 bits per heavy atom. The Kier molecular flexibility index (Phi) is 6.87. The predicted octanol–water partition coefficient (Wildman–Crippen LogP) is 4.80. The van der Waals surface area contributed by atoms with Crippen molar-refractivity contribution in [2.45, 2.75) is 19.4 Å². The van der Waals surface area contributed by atoms with E-state index in [0.717, 1.165) is 0 Å². The van der Waals surface area contributed by atoms with Gasteiger partial charge < -0.3 is 15.2 Å². The van der Waals surface area contributed by atoms with Gasteiger partial charge in [0.1, 0.15) is 23.0 Å². The van der Waals surface area contributed by atoms with Crippen LogP contribution in [0.3, 0.4) is 0 Å². The summed E-state index contributed by atoms with van der Waals surface area (Å²) in [5.41, 5.74) is 1.67. The van der Waals surface area contributed by atoms with Crippen LogP contribution in [-0.2, 0) is 4.79 Å². The number of hydrogen-bond acceptors (Lipinski definition) is 4. The van der Waals surface area contributed by atoms with Crippen molar-refractivity contribution >= 4 is 23.5 Å². The van der Waals surface area contributed by atoms with Crippen molar-refractivity contribution in [2.75, 3.05) is 7.11 Å². The molecule has 6 nitrogen and oxygen atoms in total. The Bertz CT molecular complexity index is 1140. The number of ether oxygens (including phenoxy) is 1. The number of amides is 1. The SMILES string of the molecule is COc1ccc(C(=O)N[C@@H](CC(=O)O)c2ccccc2Cl)nc1-c1cccc(F)c1C. The molecule has 0 aliphatic carbocycles. The lowest BCUT2D eigenvalue weighted by Gasteiger charge is -2.19. The zero-order valence-electron chi connectivity index (χ0n) is 16.9. The number of benzene rings is 2. The molecule has 2 N–H and O–H groups in total. The Labute approximate surface area is 183 Å². The second-order valence-electron chi connectivity index (χ2n) is 6.81. The number of nitrogens with zero attached hydrogens (tertiary/aromatic N) is 1. The van der Waals surface area contributed by atoms with Crippen molar-refractivity contribution in [1.29, 1.82) is 0 Å². The molecule has 0 saturated carbocycles. The van der Waals surface area contributed by atoms with Gasteiger partial charge in [-0.3, -0.25) is 9.59 Å². The van der Waals surface area contributed by atoms with Gasteiger partial charge in [-0.05, 0) is 42.3 Å². The number of pyridine rings is 1. The van der Waals surface area contributed by atoms with Gasteiger partial charge in [-0.25, -0.2) is 9.37 Å². The van der Waals surface area contributed by atoms with Gasteiger partial charge in [0.15, 0.2) is 0 Å². The molecule has 0 fully saturated rings. The maximum atomic E-state index is 14.1. The number of carboxylic acids is 1. The third kappa shape index (κ3) is 5.00. The van der Waals surface area contributed by atoms with E-state index < -0.39 is 23.7 Å². The average molecular weight is 443 g/mol. The average Bonchev–Trinajstić information content (AvgIpc) is 2.74. The number of carboxylic acid groups (broad SMARTS) is 1. The van der Waals surface area contributed by atoms with Crippen molar-refractivity contribution < 1.29 is 23.8 Å². The molecule has 0 aliphatic heterocycles. The van der Waals surface area contributed by atoms with E-state index in [1.54, 1.807) is 49.4 Å². The third-order valence-electron chi connectivity index (χ3n) is 4.80. The van der Waals surface area contributed by atoms with E-state index in [9.17, 15) is 19.1 Å². The highest BCUT2D eigenvalue weighted by atomic mass is 35.5. The maximum absolute atomic E-state index is 14.1. The lowest BCUT2D eigenvalue weighted by Crippen LogP contribution is -2.31. The summed E-state index contributed by atoms with van der Waals surface area (Å²) in [5, 5.41) is 12.3. The van der Waals surface area contributed by atoms with Crippen LogP contribution in [0.1, 0.15) is 34.1 Å². The second-order valence-corrected chi connectivity index (χ2v) is 7.21. The third-order valence-corrected chi connectivity index (χ3v) is 5.14. The Hall–Kier alpha value is -3.45. The highest BCUT2D eigenvalue weighted by Gasteiger charge is 2.23. The molecule has 0 aliphatic rings. The number of halogens is 2. The van der Waals surface area contributed by atoms with Crippen LogP contribution in [0.5, 0.6) is 5.75 Å². The first-order valence-electron chi connectivity index (χ1n) is 9.39. The second kappa shape index (κ2) is 9.57. The number of carbonyl (C=O) groups is 2. The standard InChI is InChI=1S/C23H20ClFN2O4/c1-13-14(7-5-9-17(13)25)22-20(31-2)11-10-18(26-22)23(30)27-19(12-21(28)29)15-6-3-4-8-16(15)24/h3-11,19H,12H2,1-2H3,(H,27,30)(H,28,29)/t19-/m0/s1. The summed E-state index contributed by atoms with van der Waals surface area (Å²) in [4.78, 5) is 28.7. The van der Waals surface area contributed by atoms with E-state index in [1.165, 1.54) is 19.2 Å². The number of rotatable bonds is 7. The summed E-state index contributed by atoms with van der Waals surface area (Å²) in [7, 11) is 1.45. The Morgan fingerprint density at radius 2 is 1.90 bits per heavy atom. The number of methoxy groups -OCH3 is 1. The zero-order valence-corrected chi connectivity index (χ0v) is 17.6. The first kappa shape index (κ1) is 22.2. The molecule has 1 atom stereocenters. The molecule has 0 radical (unpaired) electrons. The Balaban J connectivity index is 1.98. The molecule has 3 aromatic rings. The molecule has 160 valence electrons. The van der Waals surface area contributed by atoms with Gasteiger partial charge in [-0.2, -0.15) is 0 Å². The van der Waals surface area contributed by atoms with Crippen LogP contribution in [-0.4, -0.2) is 29.1 Å². The topological polar surface area (TPSA) is 88.5 Å². The molecule has 3 rings (SSSR count). The van der Waals surface area contributed by atoms with Gasteiger partial charge in [-0.1, -0.05) is 41.9 Å². The fourth-order valence-corrected chi connectivity index (χ4v) is 3.47. The maximum Gasteiger partial charge on any atom is 0.305 e. The summed E-state index contributed by atoms with van der Waals surface area (Å²) in [6.07, 6.45) is -0.360. The van der Waals surface area contributed by atoms with E-state index in [2.05, 4.69) is 10.3 Å². The molecular formula is C23H20ClFN2O4. The van der Waals surface area contributed by atoms with Crippen molar-refractivity contribution in [2.24, 2.45) is 0 Å². The van der Waals surface area contributed by atoms with Crippen LogP contribution in [0, 0.1) is 12.7 Å². The number of aliphatic carboxylic acids is 1. The van der Waals surface area contributed by atoms with Crippen molar-refractivity contribution in [3.8, 4) is 17.0 Å². The quantitative estimate of drug-likeness (QED) is 0.548. The number of nitrogens with one attached hydrogen (secondary N) is 1. The number of hydrogen-bond donors (Lipinski definition) is 2. The van der Waals surface area contributed by atoms with Crippen LogP contribution in [0.4, 0.5) is 4.39 Å². The molecule has 8 heteroatoms. The molecule has 0 saturated heterocycles. The predicted molar refractivity (Wildman–Crippen MR) is 115 cm³/mol. The lowest BCUT2D eigenvalue weighted by molar-refractivity contribution is -0.137. The summed E-state index contributed by atoms with van der Waals surface area (Å²) in [6.45, 7) is 1.61. The Morgan fingerprint density at radius 3 is 2.58 bits per heavy atom. The van der Waals surface area contributed by atoms with Crippen LogP contribution in [0.2, 0.25) is 5.02 Å². The number of carbonyl (C=O) groups excluding carboxylic acids is 1. The summed E-state index contributed by atoms with van der Waals surface area (Å²) < 4.78 is 19.4. The van der Waals surface area contributed by atoms with Crippen LogP contribution in [0.15, 0.2) is 54.6 Å². The largest absolute Gasteiger partial charge is 0.494 e. The van der Waals surface area contributed by atoms with Crippen molar-refractivity contribution in [3.63, 3.8) is 0 Å². The van der Waals surface area contributed by atoms with E-state index >= 15 is 0 Å². The fraction of sp³-hybridized carbons (Fsp3) is 0.174. The summed E-state index contributed by atoms with van der Waals surface area (Å²) in [6, 6.07) is 13.4. The lowest BCUT2D eigenvalue weighted by atomic mass is 10.0. The van der Waals surface area contributed by atoms with Gasteiger partial charge in [0, 0.05) is 10.6 Å². The number of aromatic nitrogens is 1. The highest BCUT2D eigenvalue weighted by Crippen LogP contribution is 2.32.